The van der Waals surface area contributed by atoms with E-state index in [0.717, 1.165) is 26.8 Å². The second kappa shape index (κ2) is 11.1. The molecule has 0 radical (unpaired) electrons. The molecule has 1 heterocycles. The number of rotatable bonds is 7. The summed E-state index contributed by atoms with van der Waals surface area (Å²) >= 11 is 0. The van der Waals surface area contributed by atoms with E-state index in [0.29, 0.717) is 0 Å². The van der Waals surface area contributed by atoms with Gasteiger partial charge in [0.25, 0.3) is 0 Å². The average molecular weight is 503 g/mol. The van der Waals surface area contributed by atoms with E-state index in [1.165, 1.54) is 19.1 Å². The molecule has 36 heavy (non-hydrogen) atoms. The molecule has 192 valence electrons. The molecule has 3 rings (SSSR count). The van der Waals surface area contributed by atoms with Gasteiger partial charge in [-0.25, -0.2) is 0 Å². The molecule has 0 aromatic heterocycles. The minimum absolute atomic E-state index is 0.109. The molecule has 1 amide bonds. The molecule has 1 aliphatic heterocycles. The molecule has 1 aromatic carbocycles. The first-order chi connectivity index (χ1) is 17.0. The van der Waals surface area contributed by atoms with Crippen molar-refractivity contribution in [1.29, 1.82) is 0 Å². The number of carbonyl (C=O) groups is 6. The van der Waals surface area contributed by atoms with Crippen LogP contribution < -0.4 is 5.32 Å². The number of Topliss-reactive ketones (excluding diaryl/α,β-unsaturated/α-hetero) is 1. The standard InChI is InChI=1S/C24H25NO11/c1-11(26)25-20-23(34-14(4)29)22(33-13(3)28)19(10-32-12(2)27)36-24(20)35-18-9-17(30)15-7-5-6-8-16(15)21(18)31/h5-9,19-20,22-24H,10H2,1-4H3,(H,25,26)/t19-,20-,22-,23-,24+/m1/s1. The average Bonchev–Trinajstić information content (AvgIpc) is 2.79. The third-order valence-corrected chi connectivity index (χ3v) is 5.24. The van der Waals surface area contributed by atoms with Crippen molar-refractivity contribution in [3.63, 3.8) is 0 Å². The summed E-state index contributed by atoms with van der Waals surface area (Å²) in [7, 11) is 0. The lowest BCUT2D eigenvalue weighted by Gasteiger charge is -2.45. The van der Waals surface area contributed by atoms with E-state index in [2.05, 4.69) is 5.32 Å². The number of fused-ring (bicyclic) bond motifs is 1. The minimum Gasteiger partial charge on any atom is -0.463 e. The summed E-state index contributed by atoms with van der Waals surface area (Å²) in [6.45, 7) is 4.10. The fourth-order valence-electron chi connectivity index (χ4n) is 3.90. The molecule has 0 bridgehead atoms. The number of hydrogen-bond donors (Lipinski definition) is 1. The Labute approximate surface area is 205 Å². The number of esters is 3. The highest BCUT2D eigenvalue weighted by atomic mass is 16.7. The molecule has 2 aliphatic rings. The summed E-state index contributed by atoms with van der Waals surface area (Å²) in [4.78, 5) is 72.8. The molecule has 12 nitrogen and oxygen atoms in total. The zero-order chi connectivity index (χ0) is 26.6. The van der Waals surface area contributed by atoms with Gasteiger partial charge in [0.1, 0.15) is 18.8 Å². The Balaban J connectivity index is 2.01. The van der Waals surface area contributed by atoms with Gasteiger partial charge in [0, 0.05) is 44.9 Å². The van der Waals surface area contributed by atoms with Crippen LogP contribution in [-0.4, -0.2) is 72.6 Å². The number of carbonyl (C=O) groups excluding carboxylic acids is 6. The fraction of sp³-hybridized carbons (Fsp3) is 0.417. The Morgan fingerprint density at radius 2 is 1.50 bits per heavy atom. The summed E-state index contributed by atoms with van der Waals surface area (Å²) in [6.07, 6.45) is -4.44. The Bertz CT molecular complexity index is 1120. The van der Waals surface area contributed by atoms with Crippen molar-refractivity contribution in [2.45, 2.75) is 58.3 Å². The number of hydrogen-bond acceptors (Lipinski definition) is 11. The van der Waals surface area contributed by atoms with Crippen molar-refractivity contribution < 1.29 is 52.5 Å². The summed E-state index contributed by atoms with van der Waals surface area (Å²) in [6, 6.07) is 4.86. The zero-order valence-corrected chi connectivity index (χ0v) is 20.0. The Morgan fingerprint density at radius 3 is 2.08 bits per heavy atom. The molecule has 0 spiro atoms. The van der Waals surface area contributed by atoms with Crippen molar-refractivity contribution in [2.75, 3.05) is 6.61 Å². The minimum atomic E-state index is -1.51. The SMILES string of the molecule is CC(=O)N[C@H]1[C@@H](OC2=CC(=O)c3ccccc3C2=O)O[C@H](COC(C)=O)[C@@H](OC(C)=O)[C@@H]1OC(C)=O. The van der Waals surface area contributed by atoms with Gasteiger partial charge in [-0.15, -0.1) is 0 Å². The number of benzene rings is 1. The number of ether oxygens (including phenoxy) is 5. The van der Waals surface area contributed by atoms with Gasteiger partial charge in [-0.05, 0) is 0 Å². The second-order valence-electron chi connectivity index (χ2n) is 8.09. The highest BCUT2D eigenvalue weighted by Gasteiger charge is 2.52. The number of ketones is 2. The second-order valence-corrected chi connectivity index (χ2v) is 8.09. The van der Waals surface area contributed by atoms with E-state index >= 15 is 0 Å². The molecule has 0 saturated carbocycles. The van der Waals surface area contributed by atoms with Crippen LogP contribution in [0.1, 0.15) is 48.4 Å². The normalized spacial score (nSPS) is 25.1. The van der Waals surface area contributed by atoms with Crippen LogP contribution in [0.5, 0.6) is 0 Å². The van der Waals surface area contributed by atoms with Crippen molar-refractivity contribution in [3.05, 3.63) is 47.2 Å². The lowest BCUT2D eigenvalue weighted by Crippen LogP contribution is -2.66. The van der Waals surface area contributed by atoms with E-state index < -0.39 is 72.6 Å². The molecule has 1 N–H and O–H groups in total. The first-order valence-electron chi connectivity index (χ1n) is 10.9. The fourth-order valence-corrected chi connectivity index (χ4v) is 3.90. The van der Waals surface area contributed by atoms with Crippen LogP contribution in [0.2, 0.25) is 0 Å². The lowest BCUT2D eigenvalue weighted by molar-refractivity contribution is -0.267. The van der Waals surface area contributed by atoms with Crippen LogP contribution in [0.25, 0.3) is 0 Å². The molecule has 0 unspecified atom stereocenters. The van der Waals surface area contributed by atoms with Gasteiger partial charge in [0.15, 0.2) is 23.8 Å². The first-order valence-corrected chi connectivity index (χ1v) is 10.9. The van der Waals surface area contributed by atoms with E-state index in [-0.39, 0.29) is 16.9 Å². The maximum Gasteiger partial charge on any atom is 0.303 e. The third-order valence-electron chi connectivity index (χ3n) is 5.24. The molecule has 5 atom stereocenters. The van der Waals surface area contributed by atoms with Gasteiger partial charge >= 0.3 is 17.9 Å². The summed E-state index contributed by atoms with van der Waals surface area (Å²) < 4.78 is 27.3. The van der Waals surface area contributed by atoms with E-state index in [1.807, 2.05) is 0 Å². The van der Waals surface area contributed by atoms with Gasteiger partial charge < -0.3 is 29.0 Å². The summed E-state index contributed by atoms with van der Waals surface area (Å²) in [5.74, 6) is -4.27. The molecule has 1 fully saturated rings. The van der Waals surface area contributed by atoms with Gasteiger partial charge in [-0.1, -0.05) is 24.3 Å². The maximum atomic E-state index is 13.0. The largest absolute Gasteiger partial charge is 0.463 e. The number of amides is 1. The molecule has 1 saturated heterocycles. The summed E-state index contributed by atoms with van der Waals surface area (Å²) in [5, 5.41) is 2.52. The van der Waals surface area contributed by atoms with Crippen LogP contribution in [0.4, 0.5) is 0 Å². The molecular formula is C24H25NO11. The topological polar surface area (TPSA) is 161 Å². The van der Waals surface area contributed by atoms with Crippen molar-refractivity contribution >= 4 is 35.4 Å². The highest BCUT2D eigenvalue weighted by Crippen LogP contribution is 2.31. The maximum absolute atomic E-state index is 13.0. The predicted molar refractivity (Wildman–Crippen MR) is 118 cm³/mol. The Morgan fingerprint density at radius 1 is 0.889 bits per heavy atom. The Kier molecular flexibility index (Phi) is 8.20. The van der Waals surface area contributed by atoms with Gasteiger partial charge in [0.05, 0.1) is 0 Å². The van der Waals surface area contributed by atoms with Crippen molar-refractivity contribution in [1.82, 2.24) is 5.32 Å². The molecule has 1 aliphatic carbocycles. The quantitative estimate of drug-likeness (QED) is 0.410. The van der Waals surface area contributed by atoms with Gasteiger partial charge in [0.2, 0.25) is 18.0 Å². The van der Waals surface area contributed by atoms with Crippen LogP contribution >= 0.6 is 0 Å². The van der Waals surface area contributed by atoms with Crippen molar-refractivity contribution in [2.24, 2.45) is 0 Å². The van der Waals surface area contributed by atoms with E-state index in [4.69, 9.17) is 23.7 Å². The van der Waals surface area contributed by atoms with Crippen molar-refractivity contribution in [3.8, 4) is 0 Å². The van der Waals surface area contributed by atoms with Gasteiger partial charge in [-0.3, -0.25) is 28.8 Å². The first kappa shape index (κ1) is 26.5. The zero-order valence-electron chi connectivity index (χ0n) is 20.0. The molecule has 1 aromatic rings. The number of nitrogens with one attached hydrogen (secondary N) is 1. The van der Waals surface area contributed by atoms with Crippen LogP contribution in [-0.2, 0) is 42.9 Å². The van der Waals surface area contributed by atoms with E-state index in [9.17, 15) is 28.8 Å². The predicted octanol–water partition coefficient (Wildman–Crippen LogP) is 0.622. The third kappa shape index (κ3) is 6.13. The summed E-state index contributed by atoms with van der Waals surface area (Å²) in [5.41, 5.74) is 0.302. The highest BCUT2D eigenvalue weighted by molar-refractivity contribution is 6.23. The van der Waals surface area contributed by atoms with Crippen LogP contribution in [0.15, 0.2) is 36.1 Å². The molecule has 12 heteroatoms. The van der Waals surface area contributed by atoms with Gasteiger partial charge in [-0.2, -0.15) is 0 Å². The monoisotopic (exact) mass is 503 g/mol. The number of allylic oxidation sites excluding steroid dienone is 2. The smallest absolute Gasteiger partial charge is 0.303 e. The Hall–Kier alpha value is -4.06. The molecular weight excluding hydrogens is 478 g/mol. The van der Waals surface area contributed by atoms with E-state index in [1.54, 1.807) is 12.1 Å². The lowest BCUT2D eigenvalue weighted by atomic mass is 9.93. The van der Waals surface area contributed by atoms with Crippen LogP contribution in [0, 0.1) is 0 Å². The van der Waals surface area contributed by atoms with Crippen LogP contribution in [0.3, 0.4) is 0 Å².